The van der Waals surface area contributed by atoms with Crippen LogP contribution in [0.3, 0.4) is 0 Å². The molecule has 15 heavy (non-hydrogen) atoms. The Balaban J connectivity index is 2.36. The SMILES string of the molecule is CCc1ccsc1C(O)c1sccc1C. The molecule has 2 rings (SSSR count). The molecule has 0 saturated heterocycles. The highest BCUT2D eigenvalue weighted by Gasteiger charge is 2.17. The van der Waals surface area contributed by atoms with Crippen molar-refractivity contribution in [1.29, 1.82) is 0 Å². The number of thiophene rings is 2. The summed E-state index contributed by atoms with van der Waals surface area (Å²) >= 11 is 3.28. The van der Waals surface area contributed by atoms with Crippen LogP contribution in [0.15, 0.2) is 22.9 Å². The van der Waals surface area contributed by atoms with E-state index in [4.69, 9.17) is 0 Å². The predicted molar refractivity (Wildman–Crippen MR) is 66.8 cm³/mol. The molecule has 0 bridgehead atoms. The molecule has 0 fully saturated rings. The van der Waals surface area contributed by atoms with E-state index in [-0.39, 0.29) is 0 Å². The van der Waals surface area contributed by atoms with E-state index in [9.17, 15) is 5.11 Å². The highest BCUT2D eigenvalue weighted by atomic mass is 32.1. The van der Waals surface area contributed by atoms with E-state index < -0.39 is 6.10 Å². The maximum atomic E-state index is 10.3. The predicted octanol–water partition coefficient (Wildman–Crippen LogP) is 3.76. The number of hydrogen-bond acceptors (Lipinski definition) is 3. The van der Waals surface area contributed by atoms with Gasteiger partial charge in [0.2, 0.25) is 0 Å². The maximum Gasteiger partial charge on any atom is 0.123 e. The number of aliphatic hydroxyl groups is 1. The Kier molecular flexibility index (Phi) is 3.24. The fraction of sp³-hybridized carbons (Fsp3) is 0.333. The number of hydrogen-bond donors (Lipinski definition) is 1. The van der Waals surface area contributed by atoms with Crippen LogP contribution in [0.2, 0.25) is 0 Å². The zero-order chi connectivity index (χ0) is 10.8. The normalized spacial score (nSPS) is 13.0. The quantitative estimate of drug-likeness (QED) is 0.863. The van der Waals surface area contributed by atoms with Gasteiger partial charge in [-0.05, 0) is 47.4 Å². The third kappa shape index (κ3) is 2.00. The summed E-state index contributed by atoms with van der Waals surface area (Å²) in [5.41, 5.74) is 2.45. The van der Waals surface area contributed by atoms with Crippen molar-refractivity contribution in [3.63, 3.8) is 0 Å². The molecule has 1 atom stereocenters. The topological polar surface area (TPSA) is 20.2 Å². The van der Waals surface area contributed by atoms with E-state index in [0.29, 0.717) is 0 Å². The summed E-state index contributed by atoms with van der Waals surface area (Å²) in [7, 11) is 0. The van der Waals surface area contributed by atoms with Gasteiger partial charge in [-0.15, -0.1) is 22.7 Å². The van der Waals surface area contributed by atoms with Crippen molar-refractivity contribution in [1.82, 2.24) is 0 Å². The minimum absolute atomic E-state index is 0.431. The van der Waals surface area contributed by atoms with Gasteiger partial charge >= 0.3 is 0 Å². The second kappa shape index (κ2) is 4.47. The van der Waals surface area contributed by atoms with Crippen LogP contribution < -0.4 is 0 Å². The molecule has 0 saturated carbocycles. The van der Waals surface area contributed by atoms with Crippen molar-refractivity contribution in [2.75, 3.05) is 0 Å². The molecule has 0 aliphatic carbocycles. The van der Waals surface area contributed by atoms with Gasteiger partial charge in [-0.3, -0.25) is 0 Å². The van der Waals surface area contributed by atoms with Crippen molar-refractivity contribution >= 4 is 22.7 Å². The molecule has 2 heterocycles. The van der Waals surface area contributed by atoms with Gasteiger partial charge in [0.05, 0.1) is 0 Å². The molecule has 0 aliphatic rings. The van der Waals surface area contributed by atoms with Gasteiger partial charge in [0.1, 0.15) is 6.10 Å². The van der Waals surface area contributed by atoms with E-state index >= 15 is 0 Å². The largest absolute Gasteiger partial charge is 0.382 e. The first-order valence-electron chi connectivity index (χ1n) is 5.02. The number of rotatable bonds is 3. The first-order valence-corrected chi connectivity index (χ1v) is 6.78. The lowest BCUT2D eigenvalue weighted by Gasteiger charge is -2.10. The van der Waals surface area contributed by atoms with Crippen molar-refractivity contribution in [3.05, 3.63) is 43.8 Å². The van der Waals surface area contributed by atoms with Gasteiger partial charge in [0.15, 0.2) is 0 Å². The molecule has 0 aliphatic heterocycles. The first-order chi connectivity index (χ1) is 7.24. The van der Waals surface area contributed by atoms with Gasteiger partial charge in [-0.25, -0.2) is 0 Å². The van der Waals surface area contributed by atoms with E-state index in [1.807, 2.05) is 12.3 Å². The maximum absolute atomic E-state index is 10.3. The highest BCUT2D eigenvalue weighted by molar-refractivity contribution is 7.11. The lowest BCUT2D eigenvalue weighted by atomic mass is 10.1. The molecule has 3 heteroatoms. The summed E-state index contributed by atoms with van der Waals surface area (Å²) in [5, 5.41) is 14.4. The Bertz CT molecular complexity index is 442. The lowest BCUT2D eigenvalue weighted by molar-refractivity contribution is 0.226. The Morgan fingerprint density at radius 2 is 1.87 bits per heavy atom. The highest BCUT2D eigenvalue weighted by Crippen LogP contribution is 2.34. The van der Waals surface area contributed by atoms with Crippen LogP contribution in [0.5, 0.6) is 0 Å². The monoisotopic (exact) mass is 238 g/mol. The summed E-state index contributed by atoms with van der Waals surface area (Å²) < 4.78 is 0. The molecule has 80 valence electrons. The van der Waals surface area contributed by atoms with Crippen molar-refractivity contribution in [3.8, 4) is 0 Å². The van der Waals surface area contributed by atoms with Gasteiger partial charge < -0.3 is 5.11 Å². The smallest absolute Gasteiger partial charge is 0.123 e. The van der Waals surface area contributed by atoms with Crippen LogP contribution in [0.25, 0.3) is 0 Å². The minimum atomic E-state index is -0.431. The van der Waals surface area contributed by atoms with E-state index in [1.54, 1.807) is 22.7 Å². The number of aryl methyl sites for hydroxylation is 2. The van der Waals surface area contributed by atoms with Crippen LogP contribution in [0.4, 0.5) is 0 Å². The fourth-order valence-electron chi connectivity index (χ4n) is 1.66. The van der Waals surface area contributed by atoms with Crippen molar-refractivity contribution in [2.45, 2.75) is 26.4 Å². The van der Waals surface area contributed by atoms with Gasteiger partial charge in [0, 0.05) is 9.75 Å². The molecule has 2 aromatic rings. The third-order valence-corrected chi connectivity index (χ3v) is 4.64. The molecule has 0 spiro atoms. The van der Waals surface area contributed by atoms with Crippen LogP contribution in [-0.4, -0.2) is 5.11 Å². The lowest BCUT2D eigenvalue weighted by Crippen LogP contribution is -1.99. The summed E-state index contributed by atoms with van der Waals surface area (Å²) in [6.45, 7) is 4.17. The summed E-state index contributed by atoms with van der Waals surface area (Å²) in [6.07, 6.45) is 0.556. The molecular weight excluding hydrogens is 224 g/mol. The Morgan fingerprint density at radius 1 is 1.20 bits per heavy atom. The van der Waals surface area contributed by atoms with Crippen LogP contribution >= 0.6 is 22.7 Å². The van der Waals surface area contributed by atoms with Crippen LogP contribution in [0.1, 0.15) is 33.9 Å². The molecule has 1 N–H and O–H groups in total. The number of aliphatic hydroxyl groups excluding tert-OH is 1. The van der Waals surface area contributed by atoms with Crippen molar-refractivity contribution in [2.24, 2.45) is 0 Å². The zero-order valence-corrected chi connectivity index (χ0v) is 10.5. The van der Waals surface area contributed by atoms with Crippen LogP contribution in [0, 0.1) is 6.92 Å². The van der Waals surface area contributed by atoms with Gasteiger partial charge in [0.25, 0.3) is 0 Å². The van der Waals surface area contributed by atoms with Gasteiger partial charge in [-0.1, -0.05) is 6.92 Å². The Hall–Kier alpha value is -0.640. The molecule has 1 nitrogen and oxygen atoms in total. The average molecular weight is 238 g/mol. The summed E-state index contributed by atoms with van der Waals surface area (Å²) in [6, 6.07) is 4.16. The first kappa shape index (κ1) is 10.9. The van der Waals surface area contributed by atoms with Gasteiger partial charge in [-0.2, -0.15) is 0 Å². The second-order valence-electron chi connectivity index (χ2n) is 3.53. The fourth-order valence-corrected chi connectivity index (χ4v) is 3.65. The molecule has 2 aromatic heterocycles. The standard InChI is InChI=1S/C12H14OS2/c1-3-9-5-7-15-12(9)10(13)11-8(2)4-6-14-11/h4-7,10,13H,3H2,1-2H3. The average Bonchev–Trinajstić information content (AvgIpc) is 2.84. The molecule has 0 amide bonds. The summed E-state index contributed by atoms with van der Waals surface area (Å²) in [4.78, 5) is 2.18. The molecule has 0 aromatic carbocycles. The Labute approximate surface area is 98.0 Å². The molecule has 1 unspecified atom stereocenters. The molecule has 0 radical (unpaired) electrons. The zero-order valence-electron chi connectivity index (χ0n) is 8.86. The minimum Gasteiger partial charge on any atom is -0.382 e. The second-order valence-corrected chi connectivity index (χ2v) is 5.43. The molecular formula is C12H14OS2. The third-order valence-electron chi connectivity index (χ3n) is 2.56. The van der Waals surface area contributed by atoms with E-state index in [2.05, 4.69) is 24.4 Å². The van der Waals surface area contributed by atoms with Crippen LogP contribution in [-0.2, 0) is 6.42 Å². The van der Waals surface area contributed by atoms with E-state index in [1.165, 1.54) is 11.1 Å². The van der Waals surface area contributed by atoms with Crippen molar-refractivity contribution < 1.29 is 5.11 Å². The Morgan fingerprint density at radius 3 is 2.47 bits per heavy atom. The summed E-state index contributed by atoms with van der Waals surface area (Å²) in [5.74, 6) is 0. The van der Waals surface area contributed by atoms with E-state index in [0.717, 1.165) is 16.2 Å².